The lowest BCUT2D eigenvalue weighted by molar-refractivity contribution is 0.0884. The summed E-state index contributed by atoms with van der Waals surface area (Å²) in [5.74, 6) is 0. The molecule has 0 radical (unpaired) electrons. The molecule has 0 bridgehead atoms. The van der Waals surface area contributed by atoms with Gasteiger partial charge in [-0.3, -0.25) is 0 Å². The van der Waals surface area contributed by atoms with Crippen molar-refractivity contribution in [1.29, 1.82) is 0 Å². The highest BCUT2D eigenvalue weighted by Crippen LogP contribution is 1.81. The summed E-state index contributed by atoms with van der Waals surface area (Å²) in [7, 11) is 1.55. The van der Waals surface area contributed by atoms with E-state index in [0.29, 0.717) is 13.2 Å². The topological polar surface area (TPSA) is 18.5 Å². The van der Waals surface area contributed by atoms with Gasteiger partial charge in [0.15, 0.2) is 5.12 Å². The Bertz CT molecular complexity index is 87.0. The molecule has 0 fully saturated rings. The minimum atomic E-state index is -0.619. The van der Waals surface area contributed by atoms with Gasteiger partial charge < -0.3 is 9.47 Å². The predicted octanol–water partition coefficient (Wildman–Crippen LogP) is 0.946. The van der Waals surface area contributed by atoms with Gasteiger partial charge in [0.05, 0.1) is 13.2 Å². The van der Waals surface area contributed by atoms with Gasteiger partial charge in [0.25, 0.3) is 0 Å². The summed E-state index contributed by atoms with van der Waals surface area (Å²) >= 11 is 4.11. The normalized spacial score (nSPS) is 9.56. The van der Waals surface area contributed by atoms with Crippen LogP contribution in [0.4, 0.5) is 4.39 Å². The van der Waals surface area contributed by atoms with E-state index in [9.17, 15) is 4.39 Å². The van der Waals surface area contributed by atoms with Crippen LogP contribution >= 0.6 is 12.2 Å². The SMILES string of the molecule is COCCOCC(F)=S. The van der Waals surface area contributed by atoms with Crippen molar-refractivity contribution in [1.82, 2.24) is 0 Å². The second-order valence-corrected chi connectivity index (χ2v) is 1.84. The summed E-state index contributed by atoms with van der Waals surface area (Å²) in [6.07, 6.45) is 0. The smallest absolute Gasteiger partial charge is 0.188 e. The van der Waals surface area contributed by atoms with Gasteiger partial charge in [-0.1, -0.05) is 0 Å². The molecule has 9 heavy (non-hydrogen) atoms. The first-order valence-electron chi connectivity index (χ1n) is 2.52. The van der Waals surface area contributed by atoms with Gasteiger partial charge in [0, 0.05) is 7.11 Å². The molecule has 0 saturated carbocycles. The van der Waals surface area contributed by atoms with E-state index in [1.54, 1.807) is 7.11 Å². The van der Waals surface area contributed by atoms with Crippen LogP contribution in [0.5, 0.6) is 0 Å². The predicted molar refractivity (Wildman–Crippen MR) is 36.4 cm³/mol. The maximum atomic E-state index is 11.7. The average Bonchev–Trinajstić information content (AvgIpc) is 1.80. The van der Waals surface area contributed by atoms with E-state index in [1.165, 1.54) is 0 Å². The Kier molecular flexibility index (Phi) is 6.03. The maximum Gasteiger partial charge on any atom is 0.188 e. The molecule has 0 aliphatic heterocycles. The van der Waals surface area contributed by atoms with E-state index in [0.717, 1.165) is 0 Å². The molecule has 2 nitrogen and oxygen atoms in total. The van der Waals surface area contributed by atoms with E-state index in [2.05, 4.69) is 17.0 Å². The minimum absolute atomic E-state index is 0.0985. The molecule has 0 aliphatic carbocycles. The third-order valence-corrected chi connectivity index (χ3v) is 0.765. The van der Waals surface area contributed by atoms with Crippen molar-refractivity contribution in [2.45, 2.75) is 0 Å². The highest BCUT2D eigenvalue weighted by atomic mass is 32.1. The van der Waals surface area contributed by atoms with Crippen LogP contribution in [0.25, 0.3) is 0 Å². The van der Waals surface area contributed by atoms with Crippen LogP contribution in [-0.4, -0.2) is 32.0 Å². The number of thiocarbonyl (C=S) groups is 1. The molecule has 54 valence electrons. The molecule has 0 aromatic heterocycles. The second-order valence-electron chi connectivity index (χ2n) is 1.40. The molecular weight excluding hydrogens is 143 g/mol. The van der Waals surface area contributed by atoms with Crippen LogP contribution in [0, 0.1) is 0 Å². The van der Waals surface area contributed by atoms with Gasteiger partial charge >= 0.3 is 0 Å². The fraction of sp³-hybridized carbons (Fsp3) is 0.800. The Labute approximate surface area is 59.0 Å². The van der Waals surface area contributed by atoms with E-state index >= 15 is 0 Å². The third kappa shape index (κ3) is 7.94. The fourth-order valence-corrected chi connectivity index (χ4v) is 0.378. The lowest BCUT2D eigenvalue weighted by atomic mass is 10.7. The molecule has 0 aromatic rings. The van der Waals surface area contributed by atoms with E-state index in [-0.39, 0.29) is 6.61 Å². The first-order valence-corrected chi connectivity index (χ1v) is 2.93. The number of ether oxygens (including phenoxy) is 2. The quantitative estimate of drug-likeness (QED) is 0.332. The Morgan fingerprint density at radius 2 is 2.22 bits per heavy atom. The van der Waals surface area contributed by atoms with Gasteiger partial charge in [-0.15, -0.1) is 0 Å². The van der Waals surface area contributed by atoms with Crippen molar-refractivity contribution in [2.24, 2.45) is 0 Å². The molecule has 0 rings (SSSR count). The van der Waals surface area contributed by atoms with Crippen molar-refractivity contribution < 1.29 is 13.9 Å². The standard InChI is InChI=1S/C5H9FO2S/c1-7-2-3-8-4-5(6)9/h2-4H2,1H3. The number of methoxy groups -OCH3 is 1. The average molecular weight is 152 g/mol. The molecule has 0 unspecified atom stereocenters. The lowest BCUT2D eigenvalue weighted by Crippen LogP contribution is -2.06. The number of rotatable bonds is 5. The Morgan fingerprint density at radius 3 is 2.67 bits per heavy atom. The molecule has 0 atom stereocenters. The summed E-state index contributed by atoms with van der Waals surface area (Å²) in [5.41, 5.74) is 0. The Hall–Kier alpha value is -0.0600. The van der Waals surface area contributed by atoms with E-state index in [1.807, 2.05) is 0 Å². The van der Waals surface area contributed by atoms with Crippen molar-refractivity contribution in [3.8, 4) is 0 Å². The third-order valence-electron chi connectivity index (χ3n) is 0.647. The molecule has 0 heterocycles. The summed E-state index contributed by atoms with van der Waals surface area (Å²) < 4.78 is 21.0. The van der Waals surface area contributed by atoms with Gasteiger partial charge in [0.2, 0.25) is 0 Å². The Morgan fingerprint density at radius 1 is 1.56 bits per heavy atom. The van der Waals surface area contributed by atoms with Crippen LogP contribution in [0.2, 0.25) is 0 Å². The minimum Gasteiger partial charge on any atom is -0.382 e. The summed E-state index contributed by atoms with van der Waals surface area (Å²) in [5, 5.41) is -0.619. The van der Waals surface area contributed by atoms with E-state index in [4.69, 9.17) is 4.74 Å². The fourth-order valence-electron chi connectivity index (χ4n) is 0.295. The highest BCUT2D eigenvalue weighted by molar-refractivity contribution is 7.80. The zero-order chi connectivity index (χ0) is 7.11. The number of hydrogen-bond donors (Lipinski definition) is 0. The van der Waals surface area contributed by atoms with Crippen molar-refractivity contribution in [3.63, 3.8) is 0 Å². The first kappa shape index (κ1) is 8.94. The van der Waals surface area contributed by atoms with Gasteiger partial charge in [0.1, 0.15) is 6.61 Å². The first-order chi connectivity index (χ1) is 4.27. The summed E-state index contributed by atoms with van der Waals surface area (Å²) in [6, 6.07) is 0. The van der Waals surface area contributed by atoms with Crippen LogP contribution in [0.15, 0.2) is 0 Å². The zero-order valence-corrected chi connectivity index (χ0v) is 6.04. The number of hydrogen-bond acceptors (Lipinski definition) is 3. The van der Waals surface area contributed by atoms with Crippen molar-refractivity contribution in [3.05, 3.63) is 0 Å². The summed E-state index contributed by atoms with van der Waals surface area (Å²) in [6.45, 7) is 0.766. The number of halogens is 1. The molecule has 0 aromatic carbocycles. The van der Waals surface area contributed by atoms with Crippen molar-refractivity contribution in [2.75, 3.05) is 26.9 Å². The molecular formula is C5H9FO2S. The van der Waals surface area contributed by atoms with Gasteiger partial charge in [-0.25, -0.2) is 0 Å². The largest absolute Gasteiger partial charge is 0.382 e. The second kappa shape index (κ2) is 6.07. The lowest BCUT2D eigenvalue weighted by Gasteiger charge is -1.98. The van der Waals surface area contributed by atoms with Crippen molar-refractivity contribution >= 4 is 17.3 Å². The van der Waals surface area contributed by atoms with Crippen LogP contribution in [0.1, 0.15) is 0 Å². The zero-order valence-electron chi connectivity index (χ0n) is 5.22. The van der Waals surface area contributed by atoms with Crippen LogP contribution < -0.4 is 0 Å². The molecule has 0 amide bonds. The Balaban J connectivity index is 2.83. The van der Waals surface area contributed by atoms with Crippen LogP contribution in [0.3, 0.4) is 0 Å². The molecule has 4 heteroatoms. The maximum absolute atomic E-state index is 11.7. The highest BCUT2D eigenvalue weighted by Gasteiger charge is 1.90. The molecule has 0 spiro atoms. The molecule has 0 saturated heterocycles. The van der Waals surface area contributed by atoms with Crippen LogP contribution in [-0.2, 0) is 9.47 Å². The van der Waals surface area contributed by atoms with E-state index < -0.39 is 5.12 Å². The van der Waals surface area contributed by atoms with Gasteiger partial charge in [-0.2, -0.15) is 4.39 Å². The molecule has 0 N–H and O–H groups in total. The monoisotopic (exact) mass is 152 g/mol. The molecule has 0 aliphatic rings. The summed E-state index contributed by atoms with van der Waals surface area (Å²) in [4.78, 5) is 0. The van der Waals surface area contributed by atoms with Gasteiger partial charge in [-0.05, 0) is 12.2 Å².